The molecule has 0 saturated carbocycles. The van der Waals surface area contributed by atoms with Crippen molar-refractivity contribution >= 4 is 34.3 Å². The first kappa shape index (κ1) is 26.0. The van der Waals surface area contributed by atoms with Crippen molar-refractivity contribution < 1.29 is 14.3 Å². The van der Waals surface area contributed by atoms with E-state index in [2.05, 4.69) is 37.6 Å². The zero-order valence-corrected chi connectivity index (χ0v) is 24.0. The van der Waals surface area contributed by atoms with Gasteiger partial charge in [0.2, 0.25) is 0 Å². The average molecular weight is 565 g/mol. The molecule has 1 amide bonds. The number of ether oxygens (including phenoxy) is 2. The summed E-state index contributed by atoms with van der Waals surface area (Å²) in [6.45, 7) is 7.72. The lowest BCUT2D eigenvalue weighted by Crippen LogP contribution is -2.45. The molecular weight excluding hydrogens is 532 g/mol. The molecule has 214 valence electrons. The first-order valence-corrected chi connectivity index (χ1v) is 14.1. The van der Waals surface area contributed by atoms with Gasteiger partial charge in [0.05, 0.1) is 6.04 Å². The Morgan fingerprint density at radius 2 is 1.81 bits per heavy atom. The molecule has 4 aromatic heterocycles. The lowest BCUT2D eigenvalue weighted by molar-refractivity contribution is 0.0175. The molecule has 7 rings (SSSR count). The zero-order chi connectivity index (χ0) is 29.0. The molecule has 1 aromatic carbocycles. The third-order valence-electron chi connectivity index (χ3n) is 7.72. The van der Waals surface area contributed by atoms with Crippen LogP contribution in [0.5, 0.6) is 11.5 Å². The standard InChI is InChI=1S/C31H32N8O3/c1-19-13-21(5-8-26(19)41-24-9-11-37-27(16-24)32-17-34-37)36-29-28-25(10-12-38(28)35-18-33-29)20-14-22-6-7-23(15-20)39(22)30(40)42-31(2,3)4/h5,8-14,16-18,22-23H,6-7,15H2,1-4H3,(H,33,35,36). The zero-order valence-electron chi connectivity index (χ0n) is 24.0. The van der Waals surface area contributed by atoms with E-state index >= 15 is 0 Å². The third kappa shape index (κ3) is 4.80. The molecule has 1 saturated heterocycles. The molecule has 0 aliphatic carbocycles. The summed E-state index contributed by atoms with van der Waals surface area (Å²) in [6, 6.07) is 11.9. The summed E-state index contributed by atoms with van der Waals surface area (Å²) >= 11 is 0. The number of benzene rings is 1. The number of aryl methyl sites for hydroxylation is 1. The fraction of sp³-hybridized carbons (Fsp3) is 0.323. The summed E-state index contributed by atoms with van der Waals surface area (Å²) in [7, 11) is 0. The minimum atomic E-state index is -0.522. The van der Waals surface area contributed by atoms with Gasteiger partial charge < -0.3 is 14.8 Å². The predicted molar refractivity (Wildman–Crippen MR) is 158 cm³/mol. The summed E-state index contributed by atoms with van der Waals surface area (Å²) in [5.74, 6) is 2.14. The van der Waals surface area contributed by atoms with Gasteiger partial charge >= 0.3 is 6.09 Å². The molecule has 0 radical (unpaired) electrons. The Bertz CT molecular complexity index is 1850. The van der Waals surface area contributed by atoms with Crippen LogP contribution in [0.3, 0.4) is 0 Å². The summed E-state index contributed by atoms with van der Waals surface area (Å²) in [6.07, 6.45) is 11.5. The van der Waals surface area contributed by atoms with Crippen LogP contribution in [0.1, 0.15) is 51.2 Å². The number of carbonyl (C=O) groups is 1. The van der Waals surface area contributed by atoms with E-state index in [0.29, 0.717) is 11.6 Å². The summed E-state index contributed by atoms with van der Waals surface area (Å²) in [4.78, 5) is 23.7. The second-order valence-electron chi connectivity index (χ2n) is 11.8. The molecule has 1 N–H and O–H groups in total. The van der Waals surface area contributed by atoms with Gasteiger partial charge in [-0.25, -0.2) is 23.8 Å². The third-order valence-corrected chi connectivity index (χ3v) is 7.72. The van der Waals surface area contributed by atoms with E-state index in [4.69, 9.17) is 9.47 Å². The molecule has 2 bridgehead atoms. The fourth-order valence-corrected chi connectivity index (χ4v) is 5.90. The fourth-order valence-electron chi connectivity index (χ4n) is 5.90. The Hall–Kier alpha value is -4.93. The number of aromatic nitrogens is 6. The van der Waals surface area contributed by atoms with Gasteiger partial charge in [-0.15, -0.1) is 0 Å². The van der Waals surface area contributed by atoms with Crippen molar-refractivity contribution in [3.8, 4) is 11.5 Å². The Kier molecular flexibility index (Phi) is 6.10. The molecule has 1 fully saturated rings. The van der Waals surface area contributed by atoms with Crippen molar-refractivity contribution in [3.05, 3.63) is 78.6 Å². The highest BCUT2D eigenvalue weighted by Crippen LogP contribution is 2.41. The second kappa shape index (κ2) is 9.86. The number of hydrogen-bond acceptors (Lipinski definition) is 8. The van der Waals surface area contributed by atoms with Crippen molar-refractivity contribution in [3.63, 3.8) is 0 Å². The molecule has 2 aliphatic heterocycles. The Morgan fingerprint density at radius 3 is 2.62 bits per heavy atom. The van der Waals surface area contributed by atoms with E-state index < -0.39 is 5.60 Å². The van der Waals surface area contributed by atoms with Gasteiger partial charge in [-0.05, 0) is 88.4 Å². The maximum Gasteiger partial charge on any atom is 0.411 e. The van der Waals surface area contributed by atoms with E-state index in [1.807, 2.05) is 79.8 Å². The smallest absolute Gasteiger partial charge is 0.411 e. The first-order chi connectivity index (χ1) is 20.2. The maximum absolute atomic E-state index is 13.0. The van der Waals surface area contributed by atoms with Crippen LogP contribution in [0, 0.1) is 6.92 Å². The van der Waals surface area contributed by atoms with Crippen LogP contribution >= 0.6 is 0 Å². The molecule has 0 spiro atoms. The monoisotopic (exact) mass is 564 g/mol. The molecule has 5 aromatic rings. The molecule has 42 heavy (non-hydrogen) atoms. The second-order valence-corrected chi connectivity index (χ2v) is 11.8. The quantitative estimate of drug-likeness (QED) is 0.270. The van der Waals surface area contributed by atoms with E-state index in [0.717, 1.165) is 53.0 Å². The van der Waals surface area contributed by atoms with E-state index in [-0.39, 0.29) is 18.2 Å². The molecule has 11 heteroatoms. The summed E-state index contributed by atoms with van der Waals surface area (Å²) in [5, 5.41) is 12.1. The SMILES string of the molecule is Cc1cc(Nc2ncnn3ccc(C4=CC5CCC(C4)N5C(=O)OC(C)(C)C)c23)ccc1Oc1ccn2ncnc2c1. The first-order valence-electron chi connectivity index (χ1n) is 14.1. The van der Waals surface area contributed by atoms with Crippen molar-refractivity contribution in [2.75, 3.05) is 5.32 Å². The summed E-state index contributed by atoms with van der Waals surface area (Å²) in [5.41, 5.74) is 5.22. The van der Waals surface area contributed by atoms with Gasteiger partial charge in [0.1, 0.15) is 35.3 Å². The number of carbonyl (C=O) groups excluding carboxylic acids is 1. The van der Waals surface area contributed by atoms with Gasteiger partial charge in [-0.2, -0.15) is 10.2 Å². The Balaban J connectivity index is 1.14. The van der Waals surface area contributed by atoms with Crippen LogP contribution in [0.15, 0.2) is 67.5 Å². The number of hydrogen-bond donors (Lipinski definition) is 1. The average Bonchev–Trinajstić information content (AvgIpc) is 3.65. The number of nitrogens with one attached hydrogen (secondary N) is 1. The largest absolute Gasteiger partial charge is 0.457 e. The normalized spacial score (nSPS) is 18.4. The van der Waals surface area contributed by atoms with Crippen molar-refractivity contribution in [2.45, 2.75) is 64.6 Å². The van der Waals surface area contributed by atoms with Crippen molar-refractivity contribution in [2.24, 2.45) is 0 Å². The number of fused-ring (bicyclic) bond motifs is 4. The minimum absolute atomic E-state index is 0.0187. The highest BCUT2D eigenvalue weighted by Gasteiger charge is 2.42. The van der Waals surface area contributed by atoms with E-state index in [1.54, 1.807) is 10.8 Å². The lowest BCUT2D eigenvalue weighted by Gasteiger charge is -2.35. The van der Waals surface area contributed by atoms with Crippen molar-refractivity contribution in [1.29, 1.82) is 0 Å². The highest BCUT2D eigenvalue weighted by atomic mass is 16.6. The lowest BCUT2D eigenvalue weighted by atomic mass is 9.95. The molecule has 2 unspecified atom stereocenters. The van der Waals surface area contributed by atoms with Crippen LogP contribution in [-0.4, -0.2) is 57.9 Å². The molecule has 6 heterocycles. The number of anilines is 2. The topological polar surface area (TPSA) is 111 Å². The Labute approximate surface area is 242 Å². The highest BCUT2D eigenvalue weighted by molar-refractivity contribution is 5.88. The molecule has 11 nitrogen and oxygen atoms in total. The number of rotatable bonds is 5. The van der Waals surface area contributed by atoms with E-state index in [1.165, 1.54) is 11.9 Å². The predicted octanol–water partition coefficient (Wildman–Crippen LogP) is 6.17. The number of pyridine rings is 1. The van der Waals surface area contributed by atoms with Crippen LogP contribution in [-0.2, 0) is 4.74 Å². The maximum atomic E-state index is 13.0. The van der Waals surface area contributed by atoms with Gasteiger partial charge in [-0.3, -0.25) is 4.90 Å². The minimum Gasteiger partial charge on any atom is -0.457 e. The van der Waals surface area contributed by atoms with Crippen LogP contribution in [0.2, 0.25) is 0 Å². The van der Waals surface area contributed by atoms with Gasteiger partial charge in [0, 0.05) is 35.8 Å². The number of nitrogens with zero attached hydrogens (tertiary/aromatic N) is 7. The van der Waals surface area contributed by atoms with Crippen LogP contribution < -0.4 is 10.1 Å². The molecule has 2 atom stereocenters. The van der Waals surface area contributed by atoms with Gasteiger partial charge in [0.15, 0.2) is 11.5 Å². The number of amides is 1. The Morgan fingerprint density at radius 1 is 1.00 bits per heavy atom. The molecule has 2 aliphatic rings. The van der Waals surface area contributed by atoms with Gasteiger partial charge in [0.25, 0.3) is 0 Å². The molecular formula is C31H32N8O3. The van der Waals surface area contributed by atoms with Gasteiger partial charge in [-0.1, -0.05) is 6.08 Å². The van der Waals surface area contributed by atoms with Crippen molar-refractivity contribution in [1.82, 2.24) is 34.1 Å². The van der Waals surface area contributed by atoms with Crippen LogP contribution in [0.4, 0.5) is 16.3 Å². The summed E-state index contributed by atoms with van der Waals surface area (Å²) < 4.78 is 15.4. The van der Waals surface area contributed by atoms with Crippen LogP contribution in [0.25, 0.3) is 16.7 Å². The van der Waals surface area contributed by atoms with E-state index in [9.17, 15) is 4.79 Å².